The Hall–Kier alpha value is -5.10. The lowest BCUT2D eigenvalue weighted by molar-refractivity contribution is -0.132. The summed E-state index contributed by atoms with van der Waals surface area (Å²) in [7, 11) is 0. The van der Waals surface area contributed by atoms with E-state index in [0.717, 1.165) is 56.0 Å². The van der Waals surface area contributed by atoms with E-state index in [9.17, 15) is 4.79 Å². The van der Waals surface area contributed by atoms with Crippen molar-refractivity contribution >= 4 is 28.3 Å². The van der Waals surface area contributed by atoms with E-state index in [2.05, 4.69) is 56.4 Å². The van der Waals surface area contributed by atoms with Gasteiger partial charge in [0.25, 0.3) is 0 Å². The van der Waals surface area contributed by atoms with Gasteiger partial charge in [-0.05, 0) is 68.7 Å². The molecule has 0 amide bonds. The Morgan fingerprint density at radius 2 is 1.45 bits per heavy atom. The van der Waals surface area contributed by atoms with Crippen LogP contribution in [0.3, 0.4) is 0 Å². The maximum absolute atomic E-state index is 12.5. The van der Waals surface area contributed by atoms with Crippen LogP contribution >= 0.6 is 0 Å². The molecule has 2 heterocycles. The number of hydrogen-bond donors (Lipinski definition) is 1. The van der Waals surface area contributed by atoms with Crippen molar-refractivity contribution in [1.82, 2.24) is 9.78 Å². The number of carbonyl (C=O) groups is 1. The molecular weight excluding hydrogens is 522 g/mol. The third kappa shape index (κ3) is 4.96. The molecule has 0 aliphatic carbocycles. The highest BCUT2D eigenvalue weighted by Gasteiger charge is 2.34. The molecule has 4 aromatic carbocycles. The van der Waals surface area contributed by atoms with Gasteiger partial charge in [-0.1, -0.05) is 78.4 Å². The molecular formula is C36H33N3O3. The summed E-state index contributed by atoms with van der Waals surface area (Å²) in [5, 5.41) is 9.63. The fraction of sp³-hybridized carbons (Fsp3) is 0.167. The largest absolute Gasteiger partial charge is 0.458 e. The van der Waals surface area contributed by atoms with Crippen LogP contribution in [0.1, 0.15) is 52.1 Å². The Morgan fingerprint density at radius 1 is 0.833 bits per heavy atom. The van der Waals surface area contributed by atoms with Gasteiger partial charge in [-0.2, -0.15) is 5.10 Å². The molecule has 210 valence electrons. The minimum atomic E-state index is -0.432. The number of fused-ring (bicyclic) bond motifs is 1. The van der Waals surface area contributed by atoms with Gasteiger partial charge in [-0.3, -0.25) is 4.79 Å². The van der Waals surface area contributed by atoms with Crippen LogP contribution in [0.15, 0.2) is 101 Å². The Kier molecular flexibility index (Phi) is 7.13. The van der Waals surface area contributed by atoms with Crippen molar-refractivity contribution in [2.75, 3.05) is 5.32 Å². The van der Waals surface area contributed by atoms with Crippen molar-refractivity contribution in [2.45, 2.75) is 40.5 Å². The van der Waals surface area contributed by atoms with Gasteiger partial charge in [0.1, 0.15) is 11.3 Å². The second-order valence-corrected chi connectivity index (χ2v) is 10.7. The SMILES string of the molecule is CC(=O)Oc1c(C(c2ccccc2)c2oc3ccccc3c2Nc2c(C)cc(C)cc2C)c(C)nn1-c1ccccc1. The molecule has 0 fully saturated rings. The van der Waals surface area contributed by atoms with Crippen molar-refractivity contribution in [3.8, 4) is 11.6 Å². The van der Waals surface area contributed by atoms with E-state index in [4.69, 9.17) is 14.3 Å². The molecule has 2 aromatic heterocycles. The monoisotopic (exact) mass is 555 g/mol. The number of anilines is 2. The standard InChI is InChI=1S/C36H33N3O3/c1-22-20-23(2)33(24(3)21-22)37-34-29-18-12-13-19-30(29)42-35(34)32(27-14-8-6-9-15-27)31-25(4)38-39(36(31)41-26(5)40)28-16-10-7-11-17-28/h6-21,32,37H,1-5H3. The number of aromatic nitrogens is 2. The summed E-state index contributed by atoms with van der Waals surface area (Å²) in [6, 6.07) is 32.2. The van der Waals surface area contributed by atoms with Gasteiger partial charge in [0.15, 0.2) is 0 Å². The van der Waals surface area contributed by atoms with Crippen molar-refractivity contribution in [1.29, 1.82) is 0 Å². The Bertz CT molecular complexity index is 1880. The average molecular weight is 556 g/mol. The molecule has 0 aliphatic heterocycles. The van der Waals surface area contributed by atoms with Crippen LogP contribution in [0.4, 0.5) is 11.4 Å². The normalized spacial score (nSPS) is 11.9. The minimum Gasteiger partial charge on any atom is -0.458 e. The lowest BCUT2D eigenvalue weighted by Gasteiger charge is -2.20. The number of esters is 1. The van der Waals surface area contributed by atoms with Crippen LogP contribution in [0.5, 0.6) is 5.88 Å². The van der Waals surface area contributed by atoms with Crippen molar-refractivity contribution in [2.24, 2.45) is 0 Å². The fourth-order valence-corrected chi connectivity index (χ4v) is 5.82. The third-order valence-electron chi connectivity index (χ3n) is 7.54. The number of carbonyl (C=O) groups excluding carboxylic acids is 1. The van der Waals surface area contributed by atoms with E-state index in [1.54, 1.807) is 4.68 Å². The van der Waals surface area contributed by atoms with Gasteiger partial charge < -0.3 is 14.5 Å². The number of nitrogens with one attached hydrogen (secondary N) is 1. The van der Waals surface area contributed by atoms with E-state index >= 15 is 0 Å². The lowest BCUT2D eigenvalue weighted by Crippen LogP contribution is -2.12. The molecule has 42 heavy (non-hydrogen) atoms. The van der Waals surface area contributed by atoms with Gasteiger partial charge >= 0.3 is 5.97 Å². The van der Waals surface area contributed by atoms with E-state index in [-0.39, 0.29) is 0 Å². The van der Waals surface area contributed by atoms with Crippen LogP contribution in [-0.4, -0.2) is 15.7 Å². The highest BCUT2D eigenvalue weighted by atomic mass is 16.5. The zero-order valence-electron chi connectivity index (χ0n) is 24.4. The van der Waals surface area contributed by atoms with Crippen LogP contribution < -0.4 is 10.1 Å². The van der Waals surface area contributed by atoms with Crippen molar-refractivity contribution < 1.29 is 13.9 Å². The number of ether oxygens (including phenoxy) is 1. The number of nitrogens with zero attached hydrogens (tertiary/aromatic N) is 2. The van der Waals surface area contributed by atoms with E-state index < -0.39 is 11.9 Å². The Balaban J connectivity index is 1.65. The van der Waals surface area contributed by atoms with Gasteiger partial charge in [-0.25, -0.2) is 4.68 Å². The first-order chi connectivity index (χ1) is 20.3. The molecule has 1 unspecified atom stereocenters. The van der Waals surface area contributed by atoms with Crippen LogP contribution in [0, 0.1) is 27.7 Å². The first-order valence-corrected chi connectivity index (χ1v) is 14.1. The third-order valence-corrected chi connectivity index (χ3v) is 7.54. The summed E-state index contributed by atoms with van der Waals surface area (Å²) in [6.07, 6.45) is 0. The summed E-state index contributed by atoms with van der Waals surface area (Å²) in [5.74, 6) is 0.230. The van der Waals surface area contributed by atoms with E-state index in [0.29, 0.717) is 11.6 Å². The lowest BCUT2D eigenvalue weighted by atomic mass is 9.88. The van der Waals surface area contributed by atoms with Crippen LogP contribution in [-0.2, 0) is 4.79 Å². The topological polar surface area (TPSA) is 69.3 Å². The van der Waals surface area contributed by atoms with E-state index in [1.165, 1.54) is 12.5 Å². The molecule has 6 rings (SSSR count). The van der Waals surface area contributed by atoms with Gasteiger partial charge in [0.2, 0.25) is 5.88 Å². The maximum Gasteiger partial charge on any atom is 0.309 e. The molecule has 0 saturated heterocycles. The molecule has 0 radical (unpaired) electrons. The molecule has 6 heteroatoms. The summed E-state index contributed by atoms with van der Waals surface area (Å²) >= 11 is 0. The predicted molar refractivity (Wildman–Crippen MR) is 167 cm³/mol. The predicted octanol–water partition coefficient (Wildman–Crippen LogP) is 8.70. The number of para-hydroxylation sites is 2. The van der Waals surface area contributed by atoms with Crippen molar-refractivity contribution in [3.63, 3.8) is 0 Å². The maximum atomic E-state index is 12.5. The number of hydrogen-bond acceptors (Lipinski definition) is 5. The highest BCUT2D eigenvalue weighted by Crippen LogP contribution is 2.47. The zero-order valence-corrected chi connectivity index (χ0v) is 24.4. The number of rotatable bonds is 7. The molecule has 1 atom stereocenters. The minimum absolute atomic E-state index is 0.370. The molecule has 0 saturated carbocycles. The number of furan rings is 1. The second kappa shape index (κ2) is 11.1. The summed E-state index contributed by atoms with van der Waals surface area (Å²) in [5.41, 5.74) is 9.46. The molecule has 0 bridgehead atoms. The van der Waals surface area contributed by atoms with Gasteiger partial charge in [0.05, 0.1) is 28.6 Å². The van der Waals surface area contributed by atoms with Crippen LogP contribution in [0.2, 0.25) is 0 Å². The Labute approximate surface area is 245 Å². The smallest absolute Gasteiger partial charge is 0.309 e. The highest BCUT2D eigenvalue weighted by molar-refractivity contribution is 5.95. The van der Waals surface area contributed by atoms with Gasteiger partial charge in [0, 0.05) is 18.0 Å². The Morgan fingerprint density at radius 3 is 2.12 bits per heavy atom. The summed E-state index contributed by atoms with van der Waals surface area (Å²) in [4.78, 5) is 12.5. The van der Waals surface area contributed by atoms with E-state index in [1.807, 2.05) is 73.7 Å². The molecule has 1 N–H and O–H groups in total. The molecule has 6 nitrogen and oxygen atoms in total. The first-order valence-electron chi connectivity index (χ1n) is 14.1. The number of aryl methyl sites for hydroxylation is 4. The first kappa shape index (κ1) is 27.1. The average Bonchev–Trinajstić information content (AvgIpc) is 3.49. The second-order valence-electron chi connectivity index (χ2n) is 10.7. The zero-order chi connectivity index (χ0) is 29.4. The van der Waals surface area contributed by atoms with Gasteiger partial charge in [-0.15, -0.1) is 0 Å². The molecule has 0 aliphatic rings. The number of benzene rings is 4. The molecule has 6 aromatic rings. The van der Waals surface area contributed by atoms with Crippen LogP contribution in [0.25, 0.3) is 16.7 Å². The van der Waals surface area contributed by atoms with Crippen molar-refractivity contribution in [3.05, 3.63) is 136 Å². The summed E-state index contributed by atoms with van der Waals surface area (Å²) in [6.45, 7) is 9.70. The molecule has 0 spiro atoms. The quantitative estimate of drug-likeness (QED) is 0.200. The summed E-state index contributed by atoms with van der Waals surface area (Å²) < 4.78 is 14.4. The fourth-order valence-electron chi connectivity index (χ4n) is 5.82.